The lowest BCUT2D eigenvalue weighted by Gasteiger charge is -2.11. The predicted octanol–water partition coefficient (Wildman–Crippen LogP) is 6.66. The number of benzene rings is 3. The highest BCUT2D eigenvalue weighted by Gasteiger charge is 2.13. The molecule has 2 heterocycles. The highest BCUT2D eigenvalue weighted by molar-refractivity contribution is 7.98. The van der Waals surface area contributed by atoms with Gasteiger partial charge in [-0.15, -0.1) is 0 Å². The van der Waals surface area contributed by atoms with E-state index in [1.807, 2.05) is 92.0 Å². The van der Waals surface area contributed by atoms with Crippen molar-refractivity contribution in [3.63, 3.8) is 0 Å². The molecule has 0 bridgehead atoms. The Bertz CT molecular complexity index is 1500. The first-order valence-corrected chi connectivity index (χ1v) is 13.0. The smallest absolute Gasteiger partial charge is 0.251 e. The Balaban J connectivity index is 1.30. The lowest BCUT2D eigenvalue weighted by atomic mass is 10.1. The van der Waals surface area contributed by atoms with Crippen molar-refractivity contribution in [2.75, 3.05) is 0 Å². The van der Waals surface area contributed by atoms with Crippen molar-refractivity contribution in [1.82, 2.24) is 19.9 Å². The van der Waals surface area contributed by atoms with E-state index in [4.69, 9.17) is 16.6 Å². The van der Waals surface area contributed by atoms with Gasteiger partial charge in [0.1, 0.15) is 0 Å². The van der Waals surface area contributed by atoms with Crippen molar-refractivity contribution in [3.8, 4) is 0 Å². The van der Waals surface area contributed by atoms with E-state index < -0.39 is 0 Å². The van der Waals surface area contributed by atoms with Gasteiger partial charge in [0.15, 0.2) is 5.16 Å². The van der Waals surface area contributed by atoms with Crippen LogP contribution in [0.1, 0.15) is 32.6 Å². The number of carbonyl (C=O) groups is 1. The lowest BCUT2D eigenvalue weighted by Crippen LogP contribution is -2.23. The molecule has 0 aliphatic carbocycles. The number of hydrogen-bond acceptors (Lipinski definition) is 4. The third-order valence-electron chi connectivity index (χ3n) is 6.05. The molecule has 1 amide bonds. The van der Waals surface area contributed by atoms with E-state index in [0.29, 0.717) is 18.7 Å². The number of fused-ring (bicyclic) bond motifs is 1. The molecule has 0 atom stereocenters. The molecular weight excluding hydrogens is 488 g/mol. The molecule has 180 valence electrons. The van der Waals surface area contributed by atoms with Crippen molar-refractivity contribution in [2.24, 2.45) is 0 Å². The van der Waals surface area contributed by atoms with E-state index >= 15 is 0 Å². The highest BCUT2D eigenvalue weighted by Crippen LogP contribution is 2.28. The Morgan fingerprint density at radius 3 is 2.50 bits per heavy atom. The molecule has 7 heteroatoms. The van der Waals surface area contributed by atoms with Gasteiger partial charge in [-0.2, -0.15) is 0 Å². The number of pyridine rings is 1. The lowest BCUT2D eigenvalue weighted by molar-refractivity contribution is 0.0951. The van der Waals surface area contributed by atoms with Gasteiger partial charge in [0.05, 0.1) is 23.8 Å². The number of nitrogens with zero attached hydrogens (tertiary/aromatic N) is 3. The van der Waals surface area contributed by atoms with Crippen LogP contribution in [0.4, 0.5) is 0 Å². The molecule has 2 aromatic heterocycles. The number of rotatable bonds is 8. The molecule has 5 aromatic rings. The number of aryl methyl sites for hydroxylation is 1. The second-order valence-electron chi connectivity index (χ2n) is 8.57. The first kappa shape index (κ1) is 24.1. The summed E-state index contributed by atoms with van der Waals surface area (Å²) in [5.74, 6) is 0.703. The van der Waals surface area contributed by atoms with Crippen molar-refractivity contribution < 1.29 is 4.79 Å². The Hall–Kier alpha value is -3.61. The summed E-state index contributed by atoms with van der Waals surface area (Å²) in [6, 6.07) is 25.6. The summed E-state index contributed by atoms with van der Waals surface area (Å²) in [6.45, 7) is 3.19. The maximum Gasteiger partial charge on any atom is 0.251 e. The molecule has 36 heavy (non-hydrogen) atoms. The third-order valence-corrected chi connectivity index (χ3v) is 7.35. The van der Waals surface area contributed by atoms with Crippen LogP contribution in [0, 0.1) is 6.92 Å². The molecule has 5 rings (SSSR count). The van der Waals surface area contributed by atoms with Crippen LogP contribution in [-0.2, 0) is 18.8 Å². The first-order valence-electron chi connectivity index (χ1n) is 11.7. The fourth-order valence-corrected chi connectivity index (χ4v) is 5.07. The summed E-state index contributed by atoms with van der Waals surface area (Å²) >= 11 is 7.71. The van der Waals surface area contributed by atoms with Crippen molar-refractivity contribution in [2.45, 2.75) is 30.9 Å². The monoisotopic (exact) mass is 512 g/mol. The number of imidazole rings is 1. The molecule has 0 saturated carbocycles. The van der Waals surface area contributed by atoms with Gasteiger partial charge >= 0.3 is 0 Å². The normalized spacial score (nSPS) is 11.1. The second kappa shape index (κ2) is 11.0. The average Bonchev–Trinajstić information content (AvgIpc) is 3.25. The maximum absolute atomic E-state index is 12.7. The van der Waals surface area contributed by atoms with Crippen LogP contribution in [0.3, 0.4) is 0 Å². The van der Waals surface area contributed by atoms with Crippen molar-refractivity contribution >= 4 is 40.3 Å². The number of carbonyl (C=O) groups excluding carboxylic acids is 1. The number of thioether (sulfide) groups is 1. The van der Waals surface area contributed by atoms with Crippen molar-refractivity contribution in [1.29, 1.82) is 0 Å². The molecule has 0 saturated heterocycles. The minimum absolute atomic E-state index is 0.0821. The van der Waals surface area contributed by atoms with Gasteiger partial charge in [-0.3, -0.25) is 9.78 Å². The summed E-state index contributed by atoms with van der Waals surface area (Å²) in [6.07, 6.45) is 3.61. The summed E-state index contributed by atoms with van der Waals surface area (Å²) in [4.78, 5) is 21.8. The average molecular weight is 513 g/mol. The highest BCUT2D eigenvalue weighted by atomic mass is 35.5. The largest absolute Gasteiger partial charge is 0.348 e. The van der Waals surface area contributed by atoms with Gasteiger partial charge in [-0.05, 0) is 59.5 Å². The summed E-state index contributed by atoms with van der Waals surface area (Å²) in [5, 5.41) is 4.67. The fourth-order valence-electron chi connectivity index (χ4n) is 3.97. The zero-order valence-electron chi connectivity index (χ0n) is 19.8. The second-order valence-corrected chi connectivity index (χ2v) is 9.95. The Morgan fingerprint density at radius 2 is 1.72 bits per heavy atom. The topological polar surface area (TPSA) is 59.8 Å². The van der Waals surface area contributed by atoms with Crippen LogP contribution in [0.25, 0.3) is 11.0 Å². The number of aromatic nitrogens is 3. The molecule has 0 radical (unpaired) electrons. The van der Waals surface area contributed by atoms with Crippen LogP contribution >= 0.6 is 23.4 Å². The predicted molar refractivity (Wildman–Crippen MR) is 146 cm³/mol. The minimum Gasteiger partial charge on any atom is -0.348 e. The molecule has 5 nitrogen and oxygen atoms in total. The standard InChI is InChI=1S/C29H25ClN4OS/c1-20-4-2-3-5-24(20)16-32-28(35)23-10-6-21(7-11-23)18-34-27-17-31-15-14-26(27)33-29(34)36-19-22-8-12-25(30)13-9-22/h2-15,17H,16,18-19H2,1H3,(H,32,35). The summed E-state index contributed by atoms with van der Waals surface area (Å²) < 4.78 is 2.18. The molecule has 0 aliphatic rings. The van der Waals surface area contributed by atoms with Crippen LogP contribution in [0.2, 0.25) is 5.02 Å². The minimum atomic E-state index is -0.0821. The molecule has 0 fully saturated rings. The van der Waals surface area contributed by atoms with Crippen LogP contribution in [0.15, 0.2) is 96.4 Å². The number of halogens is 1. The number of amides is 1. The first-order chi connectivity index (χ1) is 17.6. The Morgan fingerprint density at radius 1 is 0.972 bits per heavy atom. The van der Waals surface area contributed by atoms with Gasteiger partial charge < -0.3 is 9.88 Å². The van der Waals surface area contributed by atoms with E-state index in [1.165, 1.54) is 11.1 Å². The maximum atomic E-state index is 12.7. The van der Waals surface area contributed by atoms with E-state index in [2.05, 4.69) is 14.9 Å². The summed E-state index contributed by atoms with van der Waals surface area (Å²) in [5.41, 5.74) is 7.09. The van der Waals surface area contributed by atoms with Crippen LogP contribution < -0.4 is 5.32 Å². The van der Waals surface area contributed by atoms with Gasteiger partial charge in [-0.1, -0.05) is 71.9 Å². The summed E-state index contributed by atoms with van der Waals surface area (Å²) in [7, 11) is 0. The Kier molecular flexibility index (Phi) is 7.35. The zero-order valence-corrected chi connectivity index (χ0v) is 21.4. The Labute approximate surface area is 219 Å². The third kappa shape index (κ3) is 5.61. The molecular formula is C29H25ClN4OS. The van der Waals surface area contributed by atoms with E-state index in [1.54, 1.807) is 18.0 Å². The van der Waals surface area contributed by atoms with E-state index in [9.17, 15) is 4.79 Å². The van der Waals surface area contributed by atoms with Gasteiger partial charge in [0.25, 0.3) is 5.91 Å². The molecule has 0 aliphatic heterocycles. The molecule has 3 aromatic carbocycles. The molecule has 0 spiro atoms. The van der Waals surface area contributed by atoms with Gasteiger partial charge in [0, 0.05) is 29.1 Å². The van der Waals surface area contributed by atoms with Gasteiger partial charge in [-0.25, -0.2) is 4.98 Å². The van der Waals surface area contributed by atoms with Crippen molar-refractivity contribution in [3.05, 3.63) is 124 Å². The van der Waals surface area contributed by atoms with Gasteiger partial charge in [0.2, 0.25) is 0 Å². The SMILES string of the molecule is Cc1ccccc1CNC(=O)c1ccc(Cn2c(SCc3ccc(Cl)cc3)nc3ccncc32)cc1. The fraction of sp³-hybridized carbons (Fsp3) is 0.138. The quantitative estimate of drug-likeness (QED) is 0.236. The molecule has 1 N–H and O–H groups in total. The van der Waals surface area contributed by atoms with Crippen LogP contribution in [-0.4, -0.2) is 20.4 Å². The van der Waals surface area contributed by atoms with E-state index in [0.717, 1.165) is 38.1 Å². The molecule has 0 unspecified atom stereocenters. The van der Waals surface area contributed by atoms with E-state index in [-0.39, 0.29) is 5.91 Å². The zero-order chi connectivity index (χ0) is 24.9. The number of hydrogen-bond donors (Lipinski definition) is 1. The number of nitrogens with one attached hydrogen (secondary N) is 1. The van der Waals surface area contributed by atoms with Crippen LogP contribution in [0.5, 0.6) is 0 Å².